The minimum absolute atomic E-state index is 0.0411. The van der Waals surface area contributed by atoms with Crippen LogP contribution in [-0.4, -0.2) is 64.1 Å². The van der Waals surface area contributed by atoms with Gasteiger partial charge < -0.3 is 29.9 Å². The molecule has 8 atom stereocenters. The molecule has 1 saturated heterocycles. The second kappa shape index (κ2) is 9.54. The number of hydrogen-bond acceptors (Lipinski definition) is 8. The van der Waals surface area contributed by atoms with Crippen LogP contribution in [0.3, 0.4) is 0 Å². The fraction of sp³-hybridized carbons (Fsp3) is 0.667. The Bertz CT molecular complexity index is 1310. The molecule has 218 valence electrons. The van der Waals surface area contributed by atoms with Crippen molar-refractivity contribution < 1.29 is 28.9 Å². The molecule has 0 radical (unpaired) electrons. The van der Waals surface area contributed by atoms with Crippen LogP contribution in [0.4, 0.5) is 4.39 Å². The Morgan fingerprint density at radius 2 is 2.05 bits per heavy atom. The first kappa shape index (κ1) is 28.7. The van der Waals surface area contributed by atoms with Crippen LogP contribution in [0.15, 0.2) is 44.9 Å². The lowest BCUT2D eigenvalue weighted by molar-refractivity contribution is -0.236. The number of nitrogens with one attached hydrogen (secondary N) is 1. The second-order valence-electron chi connectivity index (χ2n) is 12.9. The number of hydrogen-bond donors (Lipinski definition) is 3. The molecule has 0 amide bonds. The number of rotatable bonds is 6. The first-order valence-electron chi connectivity index (χ1n) is 14.1. The summed E-state index contributed by atoms with van der Waals surface area (Å²) in [6.45, 7) is 7.48. The summed E-state index contributed by atoms with van der Waals surface area (Å²) >= 11 is 5.14. The number of alkyl halides is 1. The molecule has 1 aromatic heterocycles. The van der Waals surface area contributed by atoms with Gasteiger partial charge >= 0.3 is 0 Å². The minimum atomic E-state index is -1.91. The van der Waals surface area contributed by atoms with E-state index >= 15 is 4.39 Å². The molecule has 10 heteroatoms. The summed E-state index contributed by atoms with van der Waals surface area (Å²) in [6.07, 6.45) is 6.43. The lowest BCUT2D eigenvalue weighted by Crippen LogP contribution is -2.69. The van der Waals surface area contributed by atoms with Gasteiger partial charge in [0.25, 0.3) is 0 Å². The standard InChI is InChI=1S/C30H38BrFN2O5S/c1-26(2)38-24-14-21-20-7-5-17-13-18(34-37-12-10-19-6-8-25(31)40-19)9-11-27(17,3)29(20,32)23(36)15-28(21,4)30(24,39-26)22(33)16-35/h6,8-9,11,13,20-21,23-24,33,35-36H,5,7,10,12,14-16H2,1-4H3/b33-22?,34-18+/t20-,21-,23-,24+,27-,28-,29-,30+/m0/s1. The van der Waals surface area contributed by atoms with Gasteiger partial charge in [0.05, 0.1) is 28.3 Å². The van der Waals surface area contributed by atoms with Crippen molar-refractivity contribution in [2.45, 2.75) is 89.1 Å². The number of nitrogens with zero attached hydrogens (tertiary/aromatic N) is 1. The van der Waals surface area contributed by atoms with Crippen LogP contribution in [0.5, 0.6) is 0 Å². The lowest BCUT2D eigenvalue weighted by atomic mass is 9.44. The Balaban J connectivity index is 1.27. The van der Waals surface area contributed by atoms with Gasteiger partial charge in [-0.3, -0.25) is 0 Å². The van der Waals surface area contributed by atoms with Gasteiger partial charge in [0.1, 0.15) is 17.9 Å². The summed E-state index contributed by atoms with van der Waals surface area (Å²) in [5.41, 5.74) is -3.28. The zero-order valence-electron chi connectivity index (χ0n) is 23.4. The number of oxime groups is 1. The Kier molecular flexibility index (Phi) is 6.84. The van der Waals surface area contributed by atoms with E-state index in [4.69, 9.17) is 19.7 Å². The van der Waals surface area contributed by atoms with E-state index in [-0.39, 0.29) is 18.1 Å². The van der Waals surface area contributed by atoms with Crippen LogP contribution in [0.25, 0.3) is 0 Å². The van der Waals surface area contributed by atoms with E-state index in [1.807, 2.05) is 45.9 Å². The molecule has 0 spiro atoms. The van der Waals surface area contributed by atoms with Gasteiger partial charge in [-0.2, -0.15) is 0 Å². The molecule has 7 nitrogen and oxygen atoms in total. The molecular weight excluding hydrogens is 599 g/mol. The van der Waals surface area contributed by atoms with Crippen molar-refractivity contribution in [3.05, 3.63) is 44.6 Å². The summed E-state index contributed by atoms with van der Waals surface area (Å²) < 4.78 is 31.5. The number of allylic oxidation sites excluding steroid dienone is 4. The van der Waals surface area contributed by atoms with E-state index in [0.29, 0.717) is 31.6 Å². The largest absolute Gasteiger partial charge is 0.395 e. The van der Waals surface area contributed by atoms with Crippen LogP contribution < -0.4 is 0 Å². The maximum absolute atomic E-state index is 17.7. The smallest absolute Gasteiger partial charge is 0.164 e. The van der Waals surface area contributed by atoms with Gasteiger partial charge in [0.2, 0.25) is 0 Å². The van der Waals surface area contributed by atoms with Crippen LogP contribution in [0.2, 0.25) is 0 Å². The summed E-state index contributed by atoms with van der Waals surface area (Å²) in [5.74, 6) is -1.58. The van der Waals surface area contributed by atoms with Crippen molar-refractivity contribution in [2.24, 2.45) is 27.8 Å². The summed E-state index contributed by atoms with van der Waals surface area (Å²) in [6, 6.07) is 4.08. The SMILES string of the molecule is CC1(C)O[C@@H]2C[C@H]3[C@@H]4CCC5=C/C(=N/OCCc6ccc(Br)s6)C=C[C@]5(C)[C@@]4(F)[C@@H](O)C[C@]3(C)[C@]2(C(=N)CO)O1. The Morgan fingerprint density at radius 1 is 1.27 bits per heavy atom. The predicted octanol–water partition coefficient (Wildman–Crippen LogP) is 5.74. The highest BCUT2D eigenvalue weighted by atomic mass is 79.9. The highest BCUT2D eigenvalue weighted by Gasteiger charge is 2.79. The van der Waals surface area contributed by atoms with Crippen molar-refractivity contribution in [2.75, 3.05) is 13.2 Å². The monoisotopic (exact) mass is 636 g/mol. The zero-order chi connectivity index (χ0) is 28.7. The molecule has 0 bridgehead atoms. The molecule has 1 aromatic rings. The Labute approximate surface area is 247 Å². The molecular formula is C30H38BrFN2O5S. The third-order valence-electron chi connectivity index (χ3n) is 10.5. The first-order chi connectivity index (χ1) is 18.8. The van der Waals surface area contributed by atoms with Gasteiger partial charge in [0.15, 0.2) is 11.5 Å². The number of aliphatic hydroxyl groups is 2. The first-order valence-corrected chi connectivity index (χ1v) is 15.7. The number of thiophene rings is 1. The highest BCUT2D eigenvalue weighted by molar-refractivity contribution is 9.11. The van der Waals surface area contributed by atoms with Crippen LogP contribution in [0.1, 0.15) is 58.3 Å². The maximum atomic E-state index is 17.7. The molecule has 3 saturated carbocycles. The molecule has 6 rings (SSSR count). The van der Waals surface area contributed by atoms with E-state index in [0.717, 1.165) is 15.8 Å². The van der Waals surface area contributed by atoms with Gasteiger partial charge in [0, 0.05) is 28.0 Å². The summed E-state index contributed by atoms with van der Waals surface area (Å²) in [4.78, 5) is 6.81. The Hall–Kier alpha value is -1.43. The van der Waals surface area contributed by atoms with Crippen molar-refractivity contribution in [1.82, 2.24) is 0 Å². The fourth-order valence-electron chi connectivity index (χ4n) is 8.79. The van der Waals surface area contributed by atoms with Crippen LogP contribution in [0, 0.1) is 28.1 Å². The quantitative estimate of drug-likeness (QED) is 0.210. The molecule has 4 fully saturated rings. The molecule has 3 N–H and O–H groups in total. The van der Waals surface area contributed by atoms with Crippen molar-refractivity contribution in [3.8, 4) is 0 Å². The second-order valence-corrected chi connectivity index (χ2v) is 15.4. The van der Waals surface area contributed by atoms with Crippen molar-refractivity contribution >= 4 is 38.7 Å². The van der Waals surface area contributed by atoms with E-state index in [1.54, 1.807) is 17.4 Å². The van der Waals surface area contributed by atoms with Gasteiger partial charge in [-0.15, -0.1) is 11.3 Å². The molecule has 5 aliphatic rings. The number of ether oxygens (including phenoxy) is 2. The predicted molar refractivity (Wildman–Crippen MR) is 155 cm³/mol. The van der Waals surface area contributed by atoms with Gasteiger partial charge in [-0.25, -0.2) is 4.39 Å². The fourth-order valence-corrected chi connectivity index (χ4v) is 10.3. The lowest BCUT2D eigenvalue weighted by Gasteiger charge is -2.63. The average Bonchev–Trinajstić information content (AvgIpc) is 3.51. The Morgan fingerprint density at radius 3 is 2.75 bits per heavy atom. The van der Waals surface area contributed by atoms with Crippen molar-refractivity contribution in [1.29, 1.82) is 5.41 Å². The number of fused-ring (bicyclic) bond motifs is 7. The van der Waals surface area contributed by atoms with E-state index in [9.17, 15) is 10.2 Å². The average molecular weight is 638 g/mol. The molecule has 0 aromatic carbocycles. The molecule has 4 aliphatic carbocycles. The third-order valence-corrected chi connectivity index (χ3v) is 12.2. The molecule has 1 aliphatic heterocycles. The zero-order valence-corrected chi connectivity index (χ0v) is 25.8. The van der Waals surface area contributed by atoms with Crippen LogP contribution >= 0.6 is 27.3 Å². The number of aliphatic hydroxyl groups excluding tert-OH is 2. The summed E-state index contributed by atoms with van der Waals surface area (Å²) in [5, 5.41) is 34.9. The molecule has 2 heterocycles. The number of halogens is 2. The van der Waals surface area contributed by atoms with Crippen molar-refractivity contribution in [3.63, 3.8) is 0 Å². The maximum Gasteiger partial charge on any atom is 0.164 e. The van der Waals surface area contributed by atoms with Gasteiger partial charge in [-0.1, -0.05) is 23.7 Å². The summed E-state index contributed by atoms with van der Waals surface area (Å²) in [7, 11) is 0. The van der Waals surface area contributed by atoms with Crippen LogP contribution in [-0.2, 0) is 20.7 Å². The minimum Gasteiger partial charge on any atom is -0.395 e. The molecule has 40 heavy (non-hydrogen) atoms. The van der Waals surface area contributed by atoms with E-state index < -0.39 is 52.6 Å². The molecule has 0 unspecified atom stereocenters. The van der Waals surface area contributed by atoms with Gasteiger partial charge in [-0.05, 0) is 92.6 Å². The normalized spacial score (nSPS) is 44.0. The van der Waals surface area contributed by atoms with E-state index in [2.05, 4.69) is 27.2 Å². The topological polar surface area (TPSA) is 104 Å². The third kappa shape index (κ3) is 3.85. The highest BCUT2D eigenvalue weighted by Crippen LogP contribution is 2.72. The van der Waals surface area contributed by atoms with E-state index in [1.165, 1.54) is 4.88 Å².